The molecule has 3 aromatic rings. The Morgan fingerprint density at radius 3 is 2.19 bits per heavy atom. The largest absolute Gasteiger partial charge is 0.380 e. The maximum absolute atomic E-state index is 13.4. The SMILES string of the molecule is Nc1noc(-c2cc(F)cc(F)c2)c1-c1ccc(Cl)cc1. The van der Waals surface area contributed by atoms with Crippen molar-refractivity contribution in [3.8, 4) is 22.5 Å². The van der Waals surface area contributed by atoms with Gasteiger partial charge in [0.25, 0.3) is 0 Å². The van der Waals surface area contributed by atoms with Crippen LogP contribution >= 0.6 is 11.6 Å². The first-order chi connectivity index (χ1) is 10.0. The molecule has 0 saturated carbocycles. The number of nitrogens with zero attached hydrogens (tertiary/aromatic N) is 1. The Kier molecular flexibility index (Phi) is 3.35. The highest BCUT2D eigenvalue weighted by Gasteiger charge is 2.18. The van der Waals surface area contributed by atoms with Crippen LogP contribution in [-0.2, 0) is 0 Å². The van der Waals surface area contributed by atoms with Gasteiger partial charge >= 0.3 is 0 Å². The number of aromatic nitrogens is 1. The molecular weight excluding hydrogens is 298 g/mol. The molecule has 0 bridgehead atoms. The summed E-state index contributed by atoms with van der Waals surface area (Å²) in [6.45, 7) is 0. The van der Waals surface area contributed by atoms with Crippen molar-refractivity contribution in [2.24, 2.45) is 0 Å². The maximum Gasteiger partial charge on any atom is 0.177 e. The van der Waals surface area contributed by atoms with Crippen molar-refractivity contribution in [1.29, 1.82) is 0 Å². The van der Waals surface area contributed by atoms with Crippen LogP contribution in [0.15, 0.2) is 47.0 Å². The van der Waals surface area contributed by atoms with Crippen LogP contribution < -0.4 is 5.73 Å². The first-order valence-electron chi connectivity index (χ1n) is 6.02. The summed E-state index contributed by atoms with van der Waals surface area (Å²) in [6.07, 6.45) is 0. The van der Waals surface area contributed by atoms with E-state index in [0.29, 0.717) is 16.1 Å². The highest BCUT2D eigenvalue weighted by atomic mass is 35.5. The lowest BCUT2D eigenvalue weighted by molar-refractivity contribution is 0.435. The predicted octanol–water partition coefficient (Wildman–Crippen LogP) is 4.52. The Balaban J connectivity index is 2.19. The molecule has 2 N–H and O–H groups in total. The molecule has 0 aliphatic rings. The molecule has 1 aromatic heterocycles. The molecule has 0 fully saturated rings. The average molecular weight is 307 g/mol. The number of rotatable bonds is 2. The van der Waals surface area contributed by atoms with Crippen molar-refractivity contribution in [2.75, 3.05) is 5.73 Å². The van der Waals surface area contributed by atoms with Gasteiger partial charge in [0.15, 0.2) is 11.6 Å². The van der Waals surface area contributed by atoms with E-state index in [9.17, 15) is 8.78 Å². The van der Waals surface area contributed by atoms with Crippen molar-refractivity contribution >= 4 is 17.4 Å². The van der Waals surface area contributed by atoms with Crippen LogP contribution in [0, 0.1) is 11.6 Å². The zero-order valence-corrected chi connectivity index (χ0v) is 11.4. The Morgan fingerprint density at radius 2 is 1.57 bits per heavy atom. The number of hydrogen-bond donors (Lipinski definition) is 1. The predicted molar refractivity (Wildman–Crippen MR) is 76.7 cm³/mol. The molecule has 0 radical (unpaired) electrons. The molecule has 1 heterocycles. The number of benzene rings is 2. The van der Waals surface area contributed by atoms with Crippen LogP contribution in [-0.4, -0.2) is 5.16 Å². The molecule has 6 heteroatoms. The minimum absolute atomic E-state index is 0.136. The van der Waals surface area contributed by atoms with Crippen LogP contribution in [0.5, 0.6) is 0 Å². The van der Waals surface area contributed by atoms with Gasteiger partial charge in [-0.25, -0.2) is 8.78 Å². The first-order valence-corrected chi connectivity index (χ1v) is 6.40. The topological polar surface area (TPSA) is 52.0 Å². The molecule has 0 aliphatic carbocycles. The van der Waals surface area contributed by atoms with Crippen molar-refractivity contribution in [3.63, 3.8) is 0 Å². The highest BCUT2D eigenvalue weighted by Crippen LogP contribution is 2.37. The second-order valence-corrected chi connectivity index (χ2v) is 4.87. The van der Waals surface area contributed by atoms with Crippen molar-refractivity contribution in [3.05, 3.63) is 59.1 Å². The molecule has 0 unspecified atom stereocenters. The number of nitrogen functional groups attached to an aromatic ring is 1. The van der Waals surface area contributed by atoms with E-state index < -0.39 is 11.6 Å². The summed E-state index contributed by atoms with van der Waals surface area (Å²) in [6, 6.07) is 9.91. The van der Waals surface area contributed by atoms with E-state index in [1.54, 1.807) is 24.3 Å². The molecule has 3 rings (SSSR count). The van der Waals surface area contributed by atoms with Crippen LogP contribution in [0.4, 0.5) is 14.6 Å². The van der Waals surface area contributed by atoms with Gasteiger partial charge in [0, 0.05) is 16.7 Å². The van der Waals surface area contributed by atoms with Crippen molar-refractivity contribution < 1.29 is 13.3 Å². The van der Waals surface area contributed by atoms with Gasteiger partial charge in [0.1, 0.15) is 11.6 Å². The lowest BCUT2D eigenvalue weighted by Crippen LogP contribution is -1.89. The van der Waals surface area contributed by atoms with Gasteiger partial charge in [-0.15, -0.1) is 0 Å². The molecule has 0 atom stereocenters. The van der Waals surface area contributed by atoms with Crippen LogP contribution in [0.1, 0.15) is 0 Å². The Hall–Kier alpha value is -2.40. The summed E-state index contributed by atoms with van der Waals surface area (Å²) in [5.41, 5.74) is 7.18. The molecule has 0 aliphatic heterocycles. The average Bonchev–Trinajstić information content (AvgIpc) is 2.80. The normalized spacial score (nSPS) is 10.8. The lowest BCUT2D eigenvalue weighted by atomic mass is 10.0. The van der Waals surface area contributed by atoms with Gasteiger partial charge in [-0.2, -0.15) is 0 Å². The minimum Gasteiger partial charge on any atom is -0.380 e. The molecule has 2 aromatic carbocycles. The molecule has 0 saturated heterocycles. The Morgan fingerprint density at radius 1 is 0.952 bits per heavy atom. The van der Waals surface area contributed by atoms with Gasteiger partial charge < -0.3 is 10.3 Å². The third kappa shape index (κ3) is 2.60. The summed E-state index contributed by atoms with van der Waals surface area (Å²) in [7, 11) is 0. The smallest absolute Gasteiger partial charge is 0.177 e. The maximum atomic E-state index is 13.4. The summed E-state index contributed by atoms with van der Waals surface area (Å²) in [5, 5.41) is 4.24. The fourth-order valence-electron chi connectivity index (χ4n) is 2.08. The zero-order chi connectivity index (χ0) is 15.0. The second-order valence-electron chi connectivity index (χ2n) is 4.44. The summed E-state index contributed by atoms with van der Waals surface area (Å²) < 4.78 is 31.8. The van der Waals surface area contributed by atoms with E-state index >= 15 is 0 Å². The van der Waals surface area contributed by atoms with E-state index in [-0.39, 0.29) is 17.1 Å². The first kappa shape index (κ1) is 13.6. The monoisotopic (exact) mass is 306 g/mol. The number of hydrogen-bond acceptors (Lipinski definition) is 3. The number of anilines is 1. The molecule has 0 amide bonds. The molecular formula is C15H9ClF2N2O. The molecule has 21 heavy (non-hydrogen) atoms. The zero-order valence-electron chi connectivity index (χ0n) is 10.6. The second kappa shape index (κ2) is 5.18. The van der Waals surface area contributed by atoms with E-state index in [1.165, 1.54) is 0 Å². The van der Waals surface area contributed by atoms with E-state index in [1.807, 2.05) is 0 Å². The third-order valence-electron chi connectivity index (χ3n) is 2.98. The van der Waals surface area contributed by atoms with Crippen LogP contribution in [0.2, 0.25) is 5.02 Å². The minimum atomic E-state index is -0.706. The van der Waals surface area contributed by atoms with E-state index in [4.69, 9.17) is 21.9 Å². The quantitative estimate of drug-likeness (QED) is 0.757. The fraction of sp³-hybridized carbons (Fsp3) is 0. The molecule has 0 spiro atoms. The van der Waals surface area contributed by atoms with Gasteiger partial charge in [-0.1, -0.05) is 28.9 Å². The summed E-state index contributed by atoms with van der Waals surface area (Å²) in [4.78, 5) is 0. The van der Waals surface area contributed by atoms with Crippen molar-refractivity contribution in [1.82, 2.24) is 5.16 Å². The lowest BCUT2D eigenvalue weighted by Gasteiger charge is -2.04. The Labute approximate surface area is 123 Å². The van der Waals surface area contributed by atoms with Crippen molar-refractivity contribution in [2.45, 2.75) is 0 Å². The Bertz CT molecular complexity index is 780. The standard InChI is InChI=1S/C15H9ClF2N2O/c16-10-3-1-8(2-4-10)13-14(21-20-15(13)19)9-5-11(17)7-12(18)6-9/h1-7H,(H2,19,20). The third-order valence-corrected chi connectivity index (χ3v) is 3.23. The van der Waals surface area contributed by atoms with Gasteiger partial charge in [0.2, 0.25) is 0 Å². The molecule has 3 nitrogen and oxygen atoms in total. The fourth-order valence-corrected chi connectivity index (χ4v) is 2.21. The van der Waals surface area contributed by atoms with Crippen LogP contribution in [0.3, 0.4) is 0 Å². The van der Waals surface area contributed by atoms with Gasteiger partial charge in [-0.3, -0.25) is 0 Å². The number of halogens is 3. The number of nitrogens with two attached hydrogens (primary N) is 1. The molecule has 106 valence electrons. The van der Waals surface area contributed by atoms with Gasteiger partial charge in [0.05, 0.1) is 5.56 Å². The summed E-state index contributed by atoms with van der Waals surface area (Å²) >= 11 is 5.84. The summed E-state index contributed by atoms with van der Waals surface area (Å²) in [5.74, 6) is -1.07. The van der Waals surface area contributed by atoms with Crippen LogP contribution in [0.25, 0.3) is 22.5 Å². The van der Waals surface area contributed by atoms with E-state index in [0.717, 1.165) is 18.2 Å². The van der Waals surface area contributed by atoms with Gasteiger partial charge in [-0.05, 0) is 29.8 Å². The van der Waals surface area contributed by atoms with E-state index in [2.05, 4.69) is 5.16 Å². The highest BCUT2D eigenvalue weighted by molar-refractivity contribution is 6.30.